The van der Waals surface area contributed by atoms with Crippen molar-refractivity contribution >= 4 is 28.9 Å². The van der Waals surface area contributed by atoms with Crippen LogP contribution in [-0.2, 0) is 16.1 Å². The highest BCUT2D eigenvalue weighted by molar-refractivity contribution is 5.90. The summed E-state index contributed by atoms with van der Waals surface area (Å²) in [6, 6.07) is 16.9. The van der Waals surface area contributed by atoms with E-state index in [2.05, 4.69) is 6.58 Å². The normalized spacial score (nSPS) is 10.9. The van der Waals surface area contributed by atoms with E-state index in [1.807, 2.05) is 41.3 Å². The molecule has 0 aliphatic carbocycles. The van der Waals surface area contributed by atoms with E-state index in [1.54, 1.807) is 31.2 Å². The summed E-state index contributed by atoms with van der Waals surface area (Å²) < 4.78 is 11.1. The van der Waals surface area contributed by atoms with Gasteiger partial charge >= 0.3 is 5.97 Å². The molecular formula is C24H23NO4. The Bertz CT molecular complexity index is 1080. The van der Waals surface area contributed by atoms with Gasteiger partial charge in [-0.2, -0.15) is 0 Å². The van der Waals surface area contributed by atoms with Gasteiger partial charge in [0, 0.05) is 19.2 Å². The van der Waals surface area contributed by atoms with Crippen LogP contribution in [0, 0.1) is 0 Å². The smallest absolute Gasteiger partial charge is 0.330 e. The van der Waals surface area contributed by atoms with Crippen molar-refractivity contribution in [2.75, 3.05) is 18.1 Å². The molecule has 2 aromatic carbocycles. The Balaban J connectivity index is 2.14. The molecule has 5 nitrogen and oxygen atoms in total. The van der Waals surface area contributed by atoms with Crippen LogP contribution < -0.4 is 10.3 Å². The monoisotopic (exact) mass is 389 g/mol. The SMILES string of the molecule is C=CCN(Cc1ccccc1)c1oc2ccccc2c(=O)c1/C=C/C(=O)OCC. The lowest BCUT2D eigenvalue weighted by Gasteiger charge is -2.23. The topological polar surface area (TPSA) is 59.8 Å². The number of nitrogens with zero attached hydrogens (tertiary/aromatic N) is 1. The molecular weight excluding hydrogens is 366 g/mol. The molecule has 0 unspecified atom stereocenters. The van der Waals surface area contributed by atoms with Crippen molar-refractivity contribution in [3.05, 3.63) is 94.7 Å². The standard InChI is InChI=1S/C24H23NO4/c1-3-16-25(17-18-10-6-5-7-11-18)24-20(14-15-22(26)28-4-2)23(27)19-12-8-9-13-21(19)29-24/h3,5-15H,1,4,16-17H2,2H3/b15-14+. The van der Waals surface area contributed by atoms with E-state index < -0.39 is 5.97 Å². The molecule has 3 rings (SSSR count). The van der Waals surface area contributed by atoms with Crippen molar-refractivity contribution in [3.8, 4) is 0 Å². The molecule has 0 fully saturated rings. The molecule has 0 N–H and O–H groups in total. The summed E-state index contributed by atoms with van der Waals surface area (Å²) in [6.07, 6.45) is 4.46. The van der Waals surface area contributed by atoms with Gasteiger partial charge in [0.1, 0.15) is 5.58 Å². The van der Waals surface area contributed by atoms with Crippen LogP contribution in [0.3, 0.4) is 0 Å². The van der Waals surface area contributed by atoms with Gasteiger partial charge in [0.15, 0.2) is 0 Å². The number of hydrogen-bond acceptors (Lipinski definition) is 5. The minimum Gasteiger partial charge on any atom is -0.463 e. The second-order valence-electron chi connectivity index (χ2n) is 6.39. The van der Waals surface area contributed by atoms with Crippen LogP contribution in [0.1, 0.15) is 18.1 Å². The largest absolute Gasteiger partial charge is 0.463 e. The van der Waals surface area contributed by atoms with Crippen molar-refractivity contribution in [1.29, 1.82) is 0 Å². The number of fused-ring (bicyclic) bond motifs is 1. The number of benzene rings is 2. The van der Waals surface area contributed by atoms with Crippen molar-refractivity contribution in [2.45, 2.75) is 13.5 Å². The molecule has 148 valence electrons. The highest BCUT2D eigenvalue weighted by Crippen LogP contribution is 2.26. The van der Waals surface area contributed by atoms with Gasteiger partial charge in [-0.3, -0.25) is 4.79 Å². The summed E-state index contributed by atoms with van der Waals surface area (Å²) >= 11 is 0. The molecule has 0 saturated carbocycles. The van der Waals surface area contributed by atoms with Gasteiger partial charge in [-0.15, -0.1) is 6.58 Å². The molecule has 0 spiro atoms. The van der Waals surface area contributed by atoms with Gasteiger partial charge in [0.05, 0.1) is 17.6 Å². The second kappa shape index (κ2) is 9.55. The summed E-state index contributed by atoms with van der Waals surface area (Å²) in [5, 5.41) is 0.457. The molecule has 1 aromatic heterocycles. The average molecular weight is 389 g/mol. The van der Waals surface area contributed by atoms with Crippen LogP contribution in [-0.4, -0.2) is 19.1 Å². The van der Waals surface area contributed by atoms with Crippen LogP contribution >= 0.6 is 0 Å². The molecule has 0 atom stereocenters. The summed E-state index contributed by atoms with van der Waals surface area (Å²) in [4.78, 5) is 26.9. The number of rotatable bonds is 8. The maximum absolute atomic E-state index is 13.2. The zero-order valence-corrected chi connectivity index (χ0v) is 16.3. The lowest BCUT2D eigenvalue weighted by atomic mass is 10.1. The minimum atomic E-state index is -0.510. The molecule has 5 heteroatoms. The number of para-hydroxylation sites is 1. The van der Waals surface area contributed by atoms with E-state index >= 15 is 0 Å². The first-order valence-electron chi connectivity index (χ1n) is 9.44. The number of esters is 1. The third-order valence-corrected chi connectivity index (χ3v) is 4.34. The third-order valence-electron chi connectivity index (χ3n) is 4.34. The Morgan fingerprint density at radius 2 is 1.86 bits per heavy atom. The maximum atomic E-state index is 13.2. The number of carbonyl (C=O) groups is 1. The molecule has 29 heavy (non-hydrogen) atoms. The molecule has 0 aliphatic rings. The van der Waals surface area contributed by atoms with Crippen LogP contribution in [0.4, 0.5) is 5.88 Å². The van der Waals surface area contributed by atoms with Gasteiger partial charge < -0.3 is 14.1 Å². The van der Waals surface area contributed by atoms with Crippen molar-refractivity contribution in [3.63, 3.8) is 0 Å². The number of ether oxygens (including phenoxy) is 1. The summed E-state index contributed by atoms with van der Waals surface area (Å²) in [5.74, 6) is -0.123. The highest BCUT2D eigenvalue weighted by atomic mass is 16.5. The lowest BCUT2D eigenvalue weighted by Crippen LogP contribution is -2.25. The molecule has 1 heterocycles. The lowest BCUT2D eigenvalue weighted by molar-refractivity contribution is -0.137. The molecule has 3 aromatic rings. The first-order chi connectivity index (χ1) is 14.1. The average Bonchev–Trinajstić information content (AvgIpc) is 2.74. The summed E-state index contributed by atoms with van der Waals surface area (Å²) in [6.45, 7) is 6.81. The van der Waals surface area contributed by atoms with E-state index in [-0.39, 0.29) is 12.0 Å². The highest BCUT2D eigenvalue weighted by Gasteiger charge is 2.18. The Hall–Kier alpha value is -3.60. The Morgan fingerprint density at radius 1 is 1.14 bits per heavy atom. The van der Waals surface area contributed by atoms with Crippen molar-refractivity contribution in [1.82, 2.24) is 0 Å². The maximum Gasteiger partial charge on any atom is 0.330 e. The van der Waals surface area contributed by atoms with E-state index in [0.717, 1.165) is 5.56 Å². The quantitative estimate of drug-likeness (QED) is 0.321. The zero-order chi connectivity index (χ0) is 20.6. The second-order valence-corrected chi connectivity index (χ2v) is 6.39. The molecule has 0 aliphatic heterocycles. The number of carbonyl (C=O) groups excluding carboxylic acids is 1. The predicted octanol–water partition coefficient (Wildman–Crippen LogP) is 4.56. The van der Waals surface area contributed by atoms with Gasteiger partial charge in [-0.1, -0.05) is 48.5 Å². The van der Waals surface area contributed by atoms with E-state index in [4.69, 9.17) is 9.15 Å². The van der Waals surface area contributed by atoms with Gasteiger partial charge in [0.25, 0.3) is 0 Å². The van der Waals surface area contributed by atoms with Crippen molar-refractivity contribution in [2.24, 2.45) is 0 Å². The first-order valence-corrected chi connectivity index (χ1v) is 9.44. The first kappa shape index (κ1) is 20.1. The Morgan fingerprint density at radius 3 is 2.59 bits per heavy atom. The minimum absolute atomic E-state index is 0.204. The van der Waals surface area contributed by atoms with Gasteiger partial charge in [0.2, 0.25) is 11.3 Å². The van der Waals surface area contributed by atoms with E-state index in [1.165, 1.54) is 12.2 Å². The predicted molar refractivity (Wildman–Crippen MR) is 116 cm³/mol. The molecule has 0 amide bonds. The fraction of sp³-hybridized carbons (Fsp3) is 0.167. The van der Waals surface area contributed by atoms with Crippen LogP contribution in [0.15, 0.2) is 82.5 Å². The van der Waals surface area contributed by atoms with Crippen LogP contribution in [0.2, 0.25) is 0 Å². The molecule has 0 radical (unpaired) electrons. The van der Waals surface area contributed by atoms with Crippen LogP contribution in [0.5, 0.6) is 0 Å². The zero-order valence-electron chi connectivity index (χ0n) is 16.3. The fourth-order valence-corrected chi connectivity index (χ4v) is 3.05. The molecule has 0 saturated heterocycles. The van der Waals surface area contributed by atoms with Crippen molar-refractivity contribution < 1.29 is 13.9 Å². The number of anilines is 1. The molecule has 0 bridgehead atoms. The van der Waals surface area contributed by atoms with E-state index in [0.29, 0.717) is 35.5 Å². The third kappa shape index (κ3) is 4.82. The van der Waals surface area contributed by atoms with Crippen LogP contribution in [0.25, 0.3) is 17.0 Å². The summed E-state index contributed by atoms with van der Waals surface area (Å²) in [7, 11) is 0. The Labute approximate surface area is 169 Å². The fourth-order valence-electron chi connectivity index (χ4n) is 3.05. The summed E-state index contributed by atoms with van der Waals surface area (Å²) in [5.41, 5.74) is 1.65. The van der Waals surface area contributed by atoms with E-state index in [9.17, 15) is 9.59 Å². The van der Waals surface area contributed by atoms with Gasteiger partial charge in [-0.05, 0) is 30.7 Å². The number of hydrogen-bond donors (Lipinski definition) is 0. The Kier molecular flexibility index (Phi) is 6.63. The van der Waals surface area contributed by atoms with Gasteiger partial charge in [-0.25, -0.2) is 4.79 Å².